The van der Waals surface area contributed by atoms with E-state index in [1.165, 1.54) is 16.7 Å². The second-order valence-electron chi connectivity index (χ2n) is 7.03. The lowest BCUT2D eigenvalue weighted by Gasteiger charge is -2.17. The van der Waals surface area contributed by atoms with Crippen LogP contribution in [-0.2, 0) is 4.79 Å². The molecule has 1 N–H and O–H groups in total. The molecule has 1 aromatic heterocycles. The van der Waals surface area contributed by atoms with Gasteiger partial charge in [0.2, 0.25) is 12.7 Å². The molecule has 3 aromatic rings. The van der Waals surface area contributed by atoms with E-state index in [1.807, 2.05) is 53.1 Å². The number of ether oxygens (including phenoxy) is 2. The number of benzene rings is 2. The molecule has 31 heavy (non-hydrogen) atoms. The van der Waals surface area contributed by atoms with Crippen molar-refractivity contribution in [1.29, 1.82) is 0 Å². The number of hydrogen-bond acceptors (Lipinski definition) is 7. The predicted octanol–water partition coefficient (Wildman–Crippen LogP) is 2.70. The number of para-hydroxylation sites is 1. The molecule has 3 amide bonds. The summed E-state index contributed by atoms with van der Waals surface area (Å²) in [6.45, 7) is 2.80. The Labute approximate surface area is 182 Å². The molecule has 1 fully saturated rings. The number of urea groups is 1. The van der Waals surface area contributed by atoms with Crippen molar-refractivity contribution in [3.8, 4) is 28.6 Å². The maximum atomic E-state index is 12.8. The number of aromatic nitrogens is 3. The minimum Gasteiger partial charge on any atom is -0.454 e. The second-order valence-corrected chi connectivity index (χ2v) is 8.34. The first-order valence-corrected chi connectivity index (χ1v) is 10.7. The normalized spacial score (nSPS) is 15.8. The van der Waals surface area contributed by atoms with Crippen molar-refractivity contribution in [3.63, 3.8) is 0 Å². The number of hydrogen-bond donors (Lipinski definition) is 1. The Morgan fingerprint density at radius 3 is 2.71 bits per heavy atom. The minimum absolute atomic E-state index is 0.189. The molecule has 3 heterocycles. The molecule has 0 spiro atoms. The summed E-state index contributed by atoms with van der Waals surface area (Å²) >= 11 is 1.27. The number of rotatable bonds is 5. The third-order valence-electron chi connectivity index (χ3n) is 5.03. The number of thioether (sulfide) groups is 1. The summed E-state index contributed by atoms with van der Waals surface area (Å²) in [6.07, 6.45) is 0. The van der Waals surface area contributed by atoms with E-state index in [2.05, 4.69) is 15.5 Å². The summed E-state index contributed by atoms with van der Waals surface area (Å²) in [6, 6.07) is 14.9. The fraction of sp³-hybridized carbons (Fsp3) is 0.238. The Bertz CT molecular complexity index is 1150. The van der Waals surface area contributed by atoms with E-state index in [0.717, 1.165) is 11.3 Å². The maximum absolute atomic E-state index is 12.8. The standard InChI is InChI=1S/C21H19N5O4S/c1-13(19(27)25-10-9-22-20(25)28)31-21-24-23-18(26(21)15-5-3-2-4-6-15)14-7-8-16-17(11-14)30-12-29-16/h2-8,11,13H,9-10,12H2,1H3,(H,22,28)/t13-/m1/s1. The van der Waals surface area contributed by atoms with Crippen molar-refractivity contribution < 1.29 is 19.1 Å². The second kappa shape index (κ2) is 7.95. The third-order valence-corrected chi connectivity index (χ3v) is 6.06. The molecular formula is C21H19N5O4S. The van der Waals surface area contributed by atoms with Crippen LogP contribution in [0.25, 0.3) is 17.1 Å². The van der Waals surface area contributed by atoms with E-state index in [0.29, 0.717) is 35.6 Å². The van der Waals surface area contributed by atoms with Crippen molar-refractivity contribution in [3.05, 3.63) is 48.5 Å². The van der Waals surface area contributed by atoms with E-state index in [-0.39, 0.29) is 18.7 Å². The Kier molecular flexibility index (Phi) is 4.99. The number of imide groups is 1. The SMILES string of the molecule is C[C@@H](Sc1nnc(-c2ccc3c(c2)OCO3)n1-c1ccccc1)C(=O)N1CCNC1=O. The van der Waals surface area contributed by atoms with E-state index in [1.54, 1.807) is 6.92 Å². The highest BCUT2D eigenvalue weighted by Crippen LogP contribution is 2.37. The van der Waals surface area contributed by atoms with Crippen molar-refractivity contribution in [1.82, 2.24) is 25.0 Å². The van der Waals surface area contributed by atoms with Crippen LogP contribution in [0.3, 0.4) is 0 Å². The van der Waals surface area contributed by atoms with Crippen molar-refractivity contribution in [2.24, 2.45) is 0 Å². The Balaban J connectivity index is 1.51. The molecule has 158 valence electrons. The Morgan fingerprint density at radius 1 is 1.13 bits per heavy atom. The highest BCUT2D eigenvalue weighted by Gasteiger charge is 2.31. The van der Waals surface area contributed by atoms with Crippen LogP contribution in [0.2, 0.25) is 0 Å². The molecule has 2 aliphatic heterocycles. The summed E-state index contributed by atoms with van der Waals surface area (Å²) in [7, 11) is 0. The lowest BCUT2D eigenvalue weighted by molar-refractivity contribution is -0.126. The first kappa shape index (κ1) is 19.4. The Hall–Kier alpha value is -3.53. The number of amides is 3. The number of fused-ring (bicyclic) bond motifs is 1. The van der Waals surface area contributed by atoms with Gasteiger partial charge < -0.3 is 14.8 Å². The molecule has 2 aromatic carbocycles. The molecule has 0 bridgehead atoms. The van der Waals surface area contributed by atoms with Crippen molar-refractivity contribution >= 4 is 23.7 Å². The van der Waals surface area contributed by atoms with Gasteiger partial charge >= 0.3 is 6.03 Å². The van der Waals surface area contributed by atoms with Gasteiger partial charge in [0.05, 0.1) is 5.25 Å². The summed E-state index contributed by atoms with van der Waals surface area (Å²) < 4.78 is 12.8. The zero-order valence-corrected chi connectivity index (χ0v) is 17.5. The lowest BCUT2D eigenvalue weighted by Crippen LogP contribution is -2.39. The molecule has 0 radical (unpaired) electrons. The molecule has 1 saturated heterocycles. The van der Waals surface area contributed by atoms with Gasteiger partial charge in [-0.25, -0.2) is 4.79 Å². The van der Waals surface area contributed by atoms with Gasteiger partial charge in [-0.2, -0.15) is 0 Å². The van der Waals surface area contributed by atoms with Crippen LogP contribution in [0.5, 0.6) is 11.5 Å². The molecule has 0 saturated carbocycles. The maximum Gasteiger partial charge on any atom is 0.324 e. The molecule has 5 rings (SSSR count). The molecule has 2 aliphatic rings. The average Bonchev–Trinajstić information content (AvgIpc) is 3.52. The highest BCUT2D eigenvalue weighted by atomic mass is 32.2. The lowest BCUT2D eigenvalue weighted by atomic mass is 10.2. The zero-order valence-electron chi connectivity index (χ0n) is 16.6. The van der Waals surface area contributed by atoms with E-state index < -0.39 is 5.25 Å². The first-order chi connectivity index (χ1) is 15.1. The minimum atomic E-state index is -0.514. The van der Waals surface area contributed by atoms with Gasteiger partial charge in [-0.05, 0) is 37.3 Å². The number of carbonyl (C=O) groups excluding carboxylic acids is 2. The summed E-state index contributed by atoms with van der Waals surface area (Å²) in [5, 5.41) is 11.5. The fourth-order valence-electron chi connectivity index (χ4n) is 3.49. The van der Waals surface area contributed by atoms with Gasteiger partial charge in [-0.15, -0.1) is 10.2 Å². The van der Waals surface area contributed by atoms with Gasteiger partial charge in [-0.1, -0.05) is 30.0 Å². The molecule has 9 nitrogen and oxygen atoms in total. The molecule has 0 unspecified atom stereocenters. The average molecular weight is 437 g/mol. The summed E-state index contributed by atoms with van der Waals surface area (Å²) in [5.74, 6) is 1.70. The monoisotopic (exact) mass is 437 g/mol. The van der Waals surface area contributed by atoms with E-state index in [4.69, 9.17) is 9.47 Å². The molecule has 10 heteroatoms. The topological polar surface area (TPSA) is 98.6 Å². The van der Waals surface area contributed by atoms with Crippen LogP contribution < -0.4 is 14.8 Å². The van der Waals surface area contributed by atoms with Crippen LogP contribution in [0, 0.1) is 0 Å². The third kappa shape index (κ3) is 3.59. The van der Waals surface area contributed by atoms with Crippen molar-refractivity contribution in [2.75, 3.05) is 19.9 Å². The quantitative estimate of drug-likeness (QED) is 0.613. The largest absolute Gasteiger partial charge is 0.454 e. The predicted molar refractivity (Wildman–Crippen MR) is 113 cm³/mol. The Morgan fingerprint density at radius 2 is 1.94 bits per heavy atom. The smallest absolute Gasteiger partial charge is 0.324 e. The van der Waals surface area contributed by atoms with Gasteiger partial charge in [0.25, 0.3) is 0 Å². The number of nitrogens with one attached hydrogen (secondary N) is 1. The molecular weight excluding hydrogens is 418 g/mol. The molecule has 1 atom stereocenters. The van der Waals surface area contributed by atoms with Gasteiger partial charge in [0, 0.05) is 24.3 Å². The summed E-state index contributed by atoms with van der Waals surface area (Å²) in [5.41, 5.74) is 1.67. The van der Waals surface area contributed by atoms with E-state index in [9.17, 15) is 9.59 Å². The van der Waals surface area contributed by atoms with Crippen LogP contribution in [0.4, 0.5) is 4.79 Å². The van der Waals surface area contributed by atoms with Gasteiger partial charge in [0.1, 0.15) is 0 Å². The van der Waals surface area contributed by atoms with E-state index >= 15 is 0 Å². The van der Waals surface area contributed by atoms with Crippen LogP contribution in [-0.4, -0.2) is 56.7 Å². The van der Waals surface area contributed by atoms with Gasteiger partial charge in [-0.3, -0.25) is 14.3 Å². The highest BCUT2D eigenvalue weighted by molar-refractivity contribution is 8.00. The van der Waals surface area contributed by atoms with Crippen LogP contribution in [0.1, 0.15) is 6.92 Å². The number of carbonyl (C=O) groups is 2. The van der Waals surface area contributed by atoms with Crippen molar-refractivity contribution in [2.45, 2.75) is 17.3 Å². The number of nitrogens with zero attached hydrogens (tertiary/aromatic N) is 4. The zero-order chi connectivity index (χ0) is 21.4. The van der Waals surface area contributed by atoms with Crippen LogP contribution >= 0.6 is 11.8 Å². The van der Waals surface area contributed by atoms with Crippen LogP contribution in [0.15, 0.2) is 53.7 Å². The molecule has 0 aliphatic carbocycles. The fourth-order valence-corrected chi connectivity index (χ4v) is 4.42. The first-order valence-electron chi connectivity index (χ1n) is 9.78. The van der Waals surface area contributed by atoms with Gasteiger partial charge in [0.15, 0.2) is 22.5 Å². The summed E-state index contributed by atoms with van der Waals surface area (Å²) in [4.78, 5) is 25.9.